The number of hydrogen-bond donors (Lipinski definition) is 1. The Bertz CT molecular complexity index is 940. The summed E-state index contributed by atoms with van der Waals surface area (Å²) >= 11 is 0. The van der Waals surface area contributed by atoms with E-state index < -0.39 is 33.3 Å². The lowest BCUT2D eigenvalue weighted by Crippen LogP contribution is -2.33. The van der Waals surface area contributed by atoms with Gasteiger partial charge < -0.3 is 5.32 Å². The van der Waals surface area contributed by atoms with Gasteiger partial charge >= 0.3 is 0 Å². The molecule has 6 nitrogen and oxygen atoms in total. The Morgan fingerprint density at radius 2 is 1.59 bits per heavy atom. The van der Waals surface area contributed by atoms with Gasteiger partial charge in [-0.2, -0.15) is 0 Å². The molecular weight excluding hydrogens is 378 g/mol. The fourth-order valence-electron chi connectivity index (χ4n) is 2.37. The van der Waals surface area contributed by atoms with Gasteiger partial charge in [-0.3, -0.25) is 13.9 Å². The minimum absolute atomic E-state index is 0.168. The first-order valence-corrected chi connectivity index (χ1v) is 9.77. The Labute approximate surface area is 155 Å². The molecule has 0 unspecified atom stereocenters. The van der Waals surface area contributed by atoms with Gasteiger partial charge in [0.25, 0.3) is 0 Å². The number of para-hydroxylation sites is 1. The van der Waals surface area contributed by atoms with Crippen molar-refractivity contribution in [2.24, 2.45) is 0 Å². The molecule has 0 saturated carbocycles. The molecule has 0 fully saturated rings. The fraction of sp³-hybridized carbons (Fsp3) is 0.222. The molecule has 0 atom stereocenters. The molecule has 0 aliphatic heterocycles. The number of amides is 1. The molecule has 2 aromatic rings. The predicted octanol–water partition coefficient (Wildman–Crippen LogP) is 2.96. The lowest BCUT2D eigenvalue weighted by Gasteiger charge is -2.22. The van der Waals surface area contributed by atoms with Crippen LogP contribution in [-0.2, 0) is 14.8 Å². The first kappa shape index (κ1) is 20.5. The molecule has 2 rings (SSSR count). The van der Waals surface area contributed by atoms with Crippen molar-refractivity contribution in [3.8, 4) is 0 Å². The second kappa shape index (κ2) is 8.26. The molecule has 144 valence electrons. The van der Waals surface area contributed by atoms with Crippen LogP contribution in [0.25, 0.3) is 0 Å². The highest BCUT2D eigenvalue weighted by Gasteiger charge is 2.20. The smallest absolute Gasteiger partial charge is 0.232 e. The summed E-state index contributed by atoms with van der Waals surface area (Å²) in [6.07, 6.45) is 0.648. The number of hydrogen-bond acceptors (Lipinski definition) is 4. The maximum Gasteiger partial charge on any atom is 0.232 e. The molecule has 9 heteroatoms. The van der Waals surface area contributed by atoms with E-state index >= 15 is 0 Å². The average Bonchev–Trinajstić information content (AvgIpc) is 2.57. The Morgan fingerprint density at radius 1 is 1.04 bits per heavy atom. The number of rotatable bonds is 7. The van der Waals surface area contributed by atoms with E-state index in [9.17, 15) is 26.8 Å². The van der Waals surface area contributed by atoms with Crippen LogP contribution >= 0.6 is 0 Å². The van der Waals surface area contributed by atoms with Gasteiger partial charge in [0.1, 0.15) is 17.3 Å². The zero-order valence-electron chi connectivity index (χ0n) is 14.7. The van der Waals surface area contributed by atoms with Crippen molar-refractivity contribution >= 4 is 33.1 Å². The summed E-state index contributed by atoms with van der Waals surface area (Å²) in [6, 6.07) is 9.01. The van der Waals surface area contributed by atoms with Gasteiger partial charge in [0, 0.05) is 18.5 Å². The van der Waals surface area contributed by atoms with Crippen LogP contribution in [-0.4, -0.2) is 32.9 Å². The van der Waals surface area contributed by atoms with Crippen LogP contribution in [0.1, 0.15) is 23.7 Å². The largest absolute Gasteiger partial charge is 0.321 e. The van der Waals surface area contributed by atoms with Gasteiger partial charge in [0.15, 0.2) is 5.78 Å². The van der Waals surface area contributed by atoms with E-state index in [2.05, 4.69) is 5.32 Å². The van der Waals surface area contributed by atoms with Gasteiger partial charge in [-0.05, 0) is 43.3 Å². The van der Waals surface area contributed by atoms with Crippen LogP contribution in [0, 0.1) is 11.6 Å². The van der Waals surface area contributed by atoms with Crippen LogP contribution in [0.4, 0.5) is 20.2 Å². The van der Waals surface area contributed by atoms with E-state index in [1.165, 1.54) is 31.2 Å². The monoisotopic (exact) mass is 396 g/mol. The number of anilines is 2. The number of halogens is 2. The molecule has 2 aromatic carbocycles. The van der Waals surface area contributed by atoms with E-state index in [0.29, 0.717) is 5.56 Å². The summed E-state index contributed by atoms with van der Waals surface area (Å²) < 4.78 is 52.2. The summed E-state index contributed by atoms with van der Waals surface area (Å²) in [5, 5.41) is 2.11. The van der Waals surface area contributed by atoms with Crippen molar-refractivity contribution in [2.75, 3.05) is 22.4 Å². The second-order valence-corrected chi connectivity index (χ2v) is 7.74. The summed E-state index contributed by atoms with van der Waals surface area (Å²) in [7, 11) is -3.72. The molecule has 27 heavy (non-hydrogen) atoms. The molecule has 0 saturated heterocycles. The topological polar surface area (TPSA) is 83.6 Å². The average molecular weight is 396 g/mol. The molecule has 0 spiro atoms. The van der Waals surface area contributed by atoms with Gasteiger partial charge in [0.05, 0.1) is 11.9 Å². The highest BCUT2D eigenvalue weighted by molar-refractivity contribution is 7.92. The van der Waals surface area contributed by atoms with Crippen molar-refractivity contribution in [2.45, 2.75) is 13.3 Å². The molecule has 0 heterocycles. The van der Waals surface area contributed by atoms with Gasteiger partial charge in [-0.15, -0.1) is 0 Å². The third-order valence-corrected chi connectivity index (χ3v) is 4.93. The second-order valence-electron chi connectivity index (χ2n) is 5.83. The standard InChI is InChI=1S/C18H18F2N2O4S/c1-12(23)13-6-8-14(9-7-13)22(27(2,25)26)11-10-17(24)21-18-15(19)4-3-5-16(18)20/h3-9H,10-11H2,1-2H3,(H,21,24). The molecule has 0 bridgehead atoms. The van der Waals surface area contributed by atoms with Crippen LogP contribution in [0.5, 0.6) is 0 Å². The lowest BCUT2D eigenvalue weighted by atomic mass is 10.1. The Hall–Kier alpha value is -2.81. The van der Waals surface area contributed by atoms with Crippen molar-refractivity contribution in [3.05, 3.63) is 59.7 Å². The number of nitrogens with one attached hydrogen (secondary N) is 1. The van der Waals surface area contributed by atoms with Crippen LogP contribution < -0.4 is 9.62 Å². The van der Waals surface area contributed by atoms with E-state index in [-0.39, 0.29) is 24.4 Å². The Morgan fingerprint density at radius 3 is 2.07 bits per heavy atom. The number of sulfonamides is 1. The molecule has 0 aliphatic rings. The van der Waals surface area contributed by atoms with Crippen molar-refractivity contribution in [1.29, 1.82) is 0 Å². The molecule has 0 radical (unpaired) electrons. The van der Waals surface area contributed by atoms with Crippen molar-refractivity contribution in [3.63, 3.8) is 0 Å². The summed E-state index contributed by atoms with van der Waals surface area (Å²) in [5.41, 5.74) is 0.103. The minimum Gasteiger partial charge on any atom is -0.321 e. The Kier molecular flexibility index (Phi) is 6.27. The third kappa shape index (κ3) is 5.33. The third-order valence-electron chi connectivity index (χ3n) is 3.73. The van der Waals surface area contributed by atoms with Gasteiger partial charge in [-0.25, -0.2) is 17.2 Å². The normalized spacial score (nSPS) is 11.1. The SMILES string of the molecule is CC(=O)c1ccc(N(CCC(=O)Nc2c(F)cccc2F)S(C)(=O)=O)cc1. The van der Waals surface area contributed by atoms with Crippen LogP contribution in [0.2, 0.25) is 0 Å². The minimum atomic E-state index is -3.72. The Balaban J connectivity index is 2.13. The maximum absolute atomic E-state index is 13.6. The van der Waals surface area contributed by atoms with E-state index in [0.717, 1.165) is 28.8 Å². The summed E-state index contributed by atoms with van der Waals surface area (Å²) in [6.45, 7) is 1.15. The molecule has 1 N–H and O–H groups in total. The number of Topliss-reactive ketones (excluding diaryl/α,β-unsaturated/α-hetero) is 1. The summed E-state index contributed by atoms with van der Waals surface area (Å²) in [5.74, 6) is -2.77. The fourth-order valence-corrected chi connectivity index (χ4v) is 3.30. The number of ketones is 1. The lowest BCUT2D eigenvalue weighted by molar-refractivity contribution is -0.116. The first-order valence-electron chi connectivity index (χ1n) is 7.92. The summed E-state index contributed by atoms with van der Waals surface area (Å²) in [4.78, 5) is 23.3. The molecule has 1 amide bonds. The zero-order valence-corrected chi connectivity index (χ0v) is 15.5. The molecule has 0 aliphatic carbocycles. The zero-order chi connectivity index (χ0) is 20.2. The van der Waals surface area contributed by atoms with E-state index in [1.807, 2.05) is 0 Å². The van der Waals surface area contributed by atoms with Gasteiger partial charge in [0.2, 0.25) is 15.9 Å². The number of nitrogens with zero attached hydrogens (tertiary/aromatic N) is 1. The molecular formula is C18H18F2N2O4S. The van der Waals surface area contributed by atoms with Crippen molar-refractivity contribution < 1.29 is 26.8 Å². The van der Waals surface area contributed by atoms with Gasteiger partial charge in [-0.1, -0.05) is 6.07 Å². The number of carbonyl (C=O) groups is 2. The van der Waals surface area contributed by atoms with E-state index in [1.54, 1.807) is 0 Å². The first-order chi connectivity index (χ1) is 12.6. The maximum atomic E-state index is 13.6. The predicted molar refractivity (Wildman–Crippen MR) is 98.2 cm³/mol. The van der Waals surface area contributed by atoms with Crippen molar-refractivity contribution in [1.82, 2.24) is 0 Å². The van der Waals surface area contributed by atoms with Crippen LogP contribution in [0.3, 0.4) is 0 Å². The highest BCUT2D eigenvalue weighted by atomic mass is 32.2. The highest BCUT2D eigenvalue weighted by Crippen LogP contribution is 2.21. The number of benzene rings is 2. The van der Waals surface area contributed by atoms with E-state index in [4.69, 9.17) is 0 Å². The quantitative estimate of drug-likeness (QED) is 0.730. The molecule has 0 aromatic heterocycles. The number of carbonyl (C=O) groups excluding carboxylic acids is 2. The van der Waals surface area contributed by atoms with Crippen LogP contribution in [0.15, 0.2) is 42.5 Å².